The summed E-state index contributed by atoms with van der Waals surface area (Å²) in [6.45, 7) is 0. The molecule has 0 fully saturated rings. The second-order valence-corrected chi connectivity index (χ2v) is 4.27. The van der Waals surface area contributed by atoms with Gasteiger partial charge in [0.15, 0.2) is 5.69 Å². The minimum atomic E-state index is -0.00654. The number of aromatic amines is 1. The fourth-order valence-corrected chi connectivity index (χ4v) is 1.98. The van der Waals surface area contributed by atoms with Crippen LogP contribution in [0.4, 0.5) is 11.4 Å². The molecule has 3 aromatic rings. The Morgan fingerprint density at radius 3 is 2.60 bits per heavy atom. The molecule has 0 saturated heterocycles. The van der Waals surface area contributed by atoms with Crippen LogP contribution in [-0.2, 0) is 0 Å². The van der Waals surface area contributed by atoms with Gasteiger partial charge in [0.25, 0.3) is 0 Å². The molecule has 0 saturated carbocycles. The highest BCUT2D eigenvalue weighted by atomic mass is 16.5. The minimum absolute atomic E-state index is 0.00654. The Hall–Kier alpha value is -2.82. The molecule has 0 bridgehead atoms. The van der Waals surface area contributed by atoms with Crippen LogP contribution in [0, 0.1) is 0 Å². The molecule has 20 heavy (non-hydrogen) atoms. The molecular formula is C15H13N3O2. The lowest BCUT2D eigenvalue weighted by Crippen LogP contribution is -1.80. The molecule has 5 heteroatoms. The van der Waals surface area contributed by atoms with E-state index in [1.54, 1.807) is 13.2 Å². The molecule has 0 aliphatic carbocycles. The van der Waals surface area contributed by atoms with Gasteiger partial charge in [-0.15, -0.1) is 5.11 Å². The molecule has 3 rings (SSSR count). The summed E-state index contributed by atoms with van der Waals surface area (Å²) in [4.78, 5) is 2.86. The number of hydrogen-bond donors (Lipinski definition) is 2. The molecular weight excluding hydrogens is 254 g/mol. The molecule has 5 nitrogen and oxygen atoms in total. The van der Waals surface area contributed by atoms with Gasteiger partial charge in [-0.3, -0.25) is 0 Å². The van der Waals surface area contributed by atoms with Crippen LogP contribution >= 0.6 is 0 Å². The molecule has 100 valence electrons. The van der Waals surface area contributed by atoms with Crippen LogP contribution in [0.5, 0.6) is 11.6 Å². The van der Waals surface area contributed by atoms with Crippen LogP contribution in [0.25, 0.3) is 10.9 Å². The van der Waals surface area contributed by atoms with Gasteiger partial charge >= 0.3 is 0 Å². The third-order valence-corrected chi connectivity index (χ3v) is 2.98. The highest BCUT2D eigenvalue weighted by Crippen LogP contribution is 2.37. The summed E-state index contributed by atoms with van der Waals surface area (Å²) in [7, 11) is 1.60. The van der Waals surface area contributed by atoms with Crippen molar-refractivity contribution in [3.63, 3.8) is 0 Å². The van der Waals surface area contributed by atoms with Crippen molar-refractivity contribution in [3.8, 4) is 11.6 Å². The van der Waals surface area contributed by atoms with Gasteiger partial charge in [-0.2, -0.15) is 5.11 Å². The summed E-state index contributed by atoms with van der Waals surface area (Å²) in [6.07, 6.45) is 0. The van der Waals surface area contributed by atoms with Crippen molar-refractivity contribution in [2.75, 3.05) is 7.11 Å². The smallest absolute Gasteiger partial charge is 0.218 e. The summed E-state index contributed by atoms with van der Waals surface area (Å²) in [5.41, 5.74) is 1.91. The molecule has 0 aliphatic rings. The van der Waals surface area contributed by atoms with Gasteiger partial charge in [-0.05, 0) is 24.3 Å². The van der Waals surface area contributed by atoms with Gasteiger partial charge in [-0.25, -0.2) is 0 Å². The summed E-state index contributed by atoms with van der Waals surface area (Å²) in [5.74, 6) is 0.707. The molecule has 0 spiro atoms. The lowest BCUT2D eigenvalue weighted by molar-refractivity contribution is 0.415. The third kappa shape index (κ3) is 2.21. The van der Waals surface area contributed by atoms with Crippen LogP contribution in [-0.4, -0.2) is 17.2 Å². The van der Waals surface area contributed by atoms with Gasteiger partial charge in [0.05, 0.1) is 18.3 Å². The second-order valence-electron chi connectivity index (χ2n) is 4.27. The van der Waals surface area contributed by atoms with Gasteiger partial charge in [0, 0.05) is 11.5 Å². The zero-order valence-electron chi connectivity index (χ0n) is 10.9. The van der Waals surface area contributed by atoms with Crippen LogP contribution in [0.3, 0.4) is 0 Å². The highest BCUT2D eigenvalue weighted by molar-refractivity contribution is 5.94. The Balaban J connectivity index is 2.03. The first-order valence-electron chi connectivity index (χ1n) is 6.13. The summed E-state index contributed by atoms with van der Waals surface area (Å²) < 4.78 is 5.15. The number of aromatic nitrogens is 1. The Morgan fingerprint density at radius 1 is 1.05 bits per heavy atom. The van der Waals surface area contributed by atoms with Crippen molar-refractivity contribution < 1.29 is 9.84 Å². The Kier molecular flexibility index (Phi) is 3.09. The minimum Gasteiger partial charge on any atom is -0.497 e. The number of hydrogen-bond acceptors (Lipinski definition) is 4. The third-order valence-electron chi connectivity index (χ3n) is 2.98. The number of ether oxygens (including phenoxy) is 1. The SMILES string of the molecule is COc1ccc2c(N=Nc3ccccc3)c(O)[nH]c2c1. The molecule has 0 aliphatic heterocycles. The molecule has 2 N–H and O–H groups in total. The van der Waals surface area contributed by atoms with E-state index >= 15 is 0 Å². The molecule has 0 amide bonds. The van der Waals surface area contributed by atoms with Gasteiger partial charge < -0.3 is 14.8 Å². The monoisotopic (exact) mass is 267 g/mol. The standard InChI is InChI=1S/C15H13N3O2/c1-20-11-7-8-12-13(9-11)16-15(19)14(12)18-17-10-5-3-2-4-6-10/h2-9,16,19H,1H3. The molecule has 0 unspecified atom stereocenters. The zero-order chi connectivity index (χ0) is 13.9. The zero-order valence-corrected chi connectivity index (χ0v) is 10.9. The van der Waals surface area contributed by atoms with Crippen molar-refractivity contribution in [2.24, 2.45) is 10.2 Å². The van der Waals surface area contributed by atoms with Crippen molar-refractivity contribution in [3.05, 3.63) is 48.5 Å². The van der Waals surface area contributed by atoms with E-state index in [-0.39, 0.29) is 5.88 Å². The number of nitrogens with one attached hydrogen (secondary N) is 1. The first-order chi connectivity index (χ1) is 9.78. The quantitative estimate of drug-likeness (QED) is 0.694. The van der Waals surface area contributed by atoms with Crippen molar-refractivity contribution in [1.29, 1.82) is 0 Å². The van der Waals surface area contributed by atoms with E-state index in [1.807, 2.05) is 42.5 Å². The lowest BCUT2D eigenvalue weighted by Gasteiger charge is -1.98. The number of aromatic hydroxyl groups is 1. The molecule has 1 aromatic heterocycles. The molecule has 1 heterocycles. The predicted octanol–water partition coefficient (Wildman–Crippen LogP) is 4.30. The van der Waals surface area contributed by atoms with Crippen LogP contribution in [0.2, 0.25) is 0 Å². The topological polar surface area (TPSA) is 70.0 Å². The Labute approximate surface area is 115 Å². The largest absolute Gasteiger partial charge is 0.497 e. The summed E-state index contributed by atoms with van der Waals surface area (Å²) in [6, 6.07) is 14.8. The number of benzene rings is 2. The van der Waals surface area contributed by atoms with E-state index < -0.39 is 0 Å². The fraction of sp³-hybridized carbons (Fsp3) is 0.0667. The number of azo groups is 1. The maximum absolute atomic E-state index is 9.93. The van der Waals surface area contributed by atoms with E-state index in [0.29, 0.717) is 11.4 Å². The Morgan fingerprint density at radius 2 is 1.85 bits per heavy atom. The normalized spacial score (nSPS) is 11.2. The van der Waals surface area contributed by atoms with Gasteiger partial charge in [0.1, 0.15) is 5.75 Å². The fourth-order valence-electron chi connectivity index (χ4n) is 1.98. The van der Waals surface area contributed by atoms with E-state index in [4.69, 9.17) is 4.74 Å². The van der Waals surface area contributed by atoms with Crippen molar-refractivity contribution >= 4 is 22.3 Å². The van der Waals surface area contributed by atoms with E-state index in [0.717, 1.165) is 16.6 Å². The summed E-state index contributed by atoms with van der Waals surface area (Å²) >= 11 is 0. The first kappa shape index (κ1) is 12.2. The number of methoxy groups -OCH3 is 1. The predicted molar refractivity (Wildman–Crippen MR) is 77.1 cm³/mol. The van der Waals surface area contributed by atoms with Gasteiger partial charge in [0.2, 0.25) is 5.88 Å². The van der Waals surface area contributed by atoms with E-state index in [9.17, 15) is 5.11 Å². The Bertz CT molecular complexity index is 763. The average molecular weight is 267 g/mol. The van der Waals surface area contributed by atoms with E-state index in [1.165, 1.54) is 0 Å². The first-order valence-corrected chi connectivity index (χ1v) is 6.13. The summed E-state index contributed by atoms with van der Waals surface area (Å²) in [5, 5.41) is 19.0. The van der Waals surface area contributed by atoms with Gasteiger partial charge in [-0.1, -0.05) is 18.2 Å². The number of nitrogens with zero attached hydrogens (tertiary/aromatic N) is 2. The number of H-pyrrole nitrogens is 1. The molecule has 2 aromatic carbocycles. The maximum atomic E-state index is 9.93. The van der Waals surface area contributed by atoms with E-state index in [2.05, 4.69) is 15.2 Å². The van der Waals surface area contributed by atoms with Crippen molar-refractivity contribution in [1.82, 2.24) is 4.98 Å². The lowest BCUT2D eigenvalue weighted by atomic mass is 10.2. The number of rotatable bonds is 3. The number of fused-ring (bicyclic) bond motifs is 1. The highest BCUT2D eigenvalue weighted by Gasteiger charge is 2.10. The molecule has 0 radical (unpaired) electrons. The van der Waals surface area contributed by atoms with Crippen LogP contribution in [0.1, 0.15) is 0 Å². The second kappa shape index (κ2) is 5.05. The molecule has 0 atom stereocenters. The maximum Gasteiger partial charge on any atom is 0.218 e. The van der Waals surface area contributed by atoms with Crippen LogP contribution in [0.15, 0.2) is 58.8 Å². The van der Waals surface area contributed by atoms with Crippen LogP contribution < -0.4 is 4.74 Å². The van der Waals surface area contributed by atoms with Crippen molar-refractivity contribution in [2.45, 2.75) is 0 Å². The average Bonchev–Trinajstić information content (AvgIpc) is 2.80.